The predicted octanol–water partition coefficient (Wildman–Crippen LogP) is 1.28. The zero-order valence-corrected chi connectivity index (χ0v) is 16.2. The summed E-state index contributed by atoms with van der Waals surface area (Å²) in [4.78, 5) is 23.8. The van der Waals surface area contributed by atoms with Crippen LogP contribution in [0.3, 0.4) is 0 Å². The van der Waals surface area contributed by atoms with Crippen LogP contribution >= 0.6 is 27.3 Å². The normalized spacial score (nSPS) is 13.4. The van der Waals surface area contributed by atoms with E-state index in [2.05, 4.69) is 30.9 Å². The second kappa shape index (κ2) is 6.39. The maximum Gasteiger partial charge on any atom is 0.310 e. The van der Waals surface area contributed by atoms with E-state index in [4.69, 9.17) is 5.73 Å². The molecule has 10 heteroatoms. The summed E-state index contributed by atoms with van der Waals surface area (Å²) in [5.74, 6) is -0.575. The van der Waals surface area contributed by atoms with Crippen molar-refractivity contribution >= 4 is 44.9 Å². The highest BCUT2D eigenvalue weighted by Crippen LogP contribution is 2.25. The molecule has 0 spiro atoms. The number of hydrogen-bond acceptors (Lipinski definition) is 7. The molecule has 0 fully saturated rings. The van der Waals surface area contributed by atoms with Crippen molar-refractivity contribution in [1.82, 2.24) is 14.5 Å². The summed E-state index contributed by atoms with van der Waals surface area (Å²) in [7, 11) is 1.46. The van der Waals surface area contributed by atoms with Gasteiger partial charge in [0, 0.05) is 42.3 Å². The first-order chi connectivity index (χ1) is 12.9. The molecule has 7 nitrogen and oxygen atoms in total. The Labute approximate surface area is 163 Å². The smallest absolute Gasteiger partial charge is 0.310 e. The number of nitrogens with two attached hydrogens (primary N) is 1. The molecular weight excluding hydrogens is 437 g/mol. The number of benzene rings is 1. The molecule has 0 atom stereocenters. The summed E-state index contributed by atoms with van der Waals surface area (Å²) in [6, 6.07) is 1.73. The van der Waals surface area contributed by atoms with Crippen LogP contribution in [0.4, 0.5) is 10.3 Å². The van der Waals surface area contributed by atoms with E-state index in [0.717, 1.165) is 15.9 Å². The average Bonchev–Trinajstić information content (AvgIpc) is 3.17. The Morgan fingerprint density at radius 1 is 1.37 bits per heavy atom. The molecule has 4 rings (SSSR count). The number of rotatable bonds is 2. The third-order valence-electron chi connectivity index (χ3n) is 4.10. The molecule has 0 saturated heterocycles. The van der Waals surface area contributed by atoms with Gasteiger partial charge < -0.3 is 10.8 Å². The van der Waals surface area contributed by atoms with Gasteiger partial charge in [0.2, 0.25) is 11.8 Å². The number of fused-ring (bicyclic) bond motifs is 1. The van der Waals surface area contributed by atoms with Crippen molar-refractivity contribution in [2.45, 2.75) is 0 Å². The number of nitrogens with zero attached hydrogens (tertiary/aromatic N) is 4. The summed E-state index contributed by atoms with van der Waals surface area (Å²) in [5, 5.41) is 10.7. The highest BCUT2D eigenvalue weighted by Gasteiger charge is 2.19. The Kier molecular flexibility index (Phi) is 4.16. The minimum absolute atomic E-state index is 0.139. The molecule has 1 aliphatic rings. The standard InChI is InChI=1S/C17H11BrFN5O2S/c1-24-15(25)11(27-17(24)26)3-7-2-9-10(8-4-22-16(20)23-5-8)6-21-14(9)13(19)12(7)18/h2-6,25H,1H3,(H2,20,22,23). The van der Waals surface area contributed by atoms with E-state index in [1.165, 1.54) is 25.6 Å². The SMILES string of the molecule is Cn1c(O)c(C=c2cc3c(c(F)c2Br)=NC=C3c2cnc(N)nc2)sc1=O. The minimum atomic E-state index is -0.538. The molecule has 2 aromatic heterocycles. The Morgan fingerprint density at radius 3 is 2.70 bits per heavy atom. The second-order valence-electron chi connectivity index (χ2n) is 5.75. The molecule has 3 heterocycles. The minimum Gasteiger partial charge on any atom is -0.493 e. The van der Waals surface area contributed by atoms with E-state index < -0.39 is 5.82 Å². The van der Waals surface area contributed by atoms with E-state index in [-0.39, 0.29) is 26.5 Å². The summed E-state index contributed by atoms with van der Waals surface area (Å²) in [6.45, 7) is 0. The Hall–Kier alpha value is -2.85. The highest BCUT2D eigenvalue weighted by atomic mass is 79.9. The zero-order valence-electron chi connectivity index (χ0n) is 13.8. The Balaban J connectivity index is 1.92. The monoisotopic (exact) mass is 447 g/mol. The van der Waals surface area contributed by atoms with Crippen LogP contribution in [0.1, 0.15) is 16.0 Å². The van der Waals surface area contributed by atoms with Gasteiger partial charge in [-0.25, -0.2) is 14.4 Å². The van der Waals surface area contributed by atoms with Crippen LogP contribution < -0.4 is 21.2 Å². The largest absolute Gasteiger partial charge is 0.493 e. The fourth-order valence-corrected chi connectivity index (χ4v) is 3.92. The average molecular weight is 448 g/mol. The molecule has 3 N–H and O–H groups in total. The van der Waals surface area contributed by atoms with Crippen LogP contribution in [0, 0.1) is 5.82 Å². The quantitative estimate of drug-likeness (QED) is 0.615. The summed E-state index contributed by atoms with van der Waals surface area (Å²) < 4.78 is 16.1. The maximum atomic E-state index is 14.8. The van der Waals surface area contributed by atoms with Crippen LogP contribution in [-0.4, -0.2) is 19.6 Å². The van der Waals surface area contributed by atoms with Gasteiger partial charge >= 0.3 is 4.87 Å². The summed E-state index contributed by atoms with van der Waals surface area (Å²) in [6.07, 6.45) is 6.16. The summed E-state index contributed by atoms with van der Waals surface area (Å²) in [5.41, 5.74) is 7.36. The van der Waals surface area contributed by atoms with Crippen molar-refractivity contribution in [2.24, 2.45) is 12.0 Å². The summed E-state index contributed by atoms with van der Waals surface area (Å²) >= 11 is 4.10. The van der Waals surface area contributed by atoms with Crippen molar-refractivity contribution < 1.29 is 9.50 Å². The van der Waals surface area contributed by atoms with Crippen LogP contribution in [0.5, 0.6) is 5.88 Å². The third kappa shape index (κ3) is 2.86. The van der Waals surface area contributed by atoms with Gasteiger partial charge in [-0.3, -0.25) is 14.4 Å². The van der Waals surface area contributed by atoms with Gasteiger partial charge in [0.15, 0.2) is 5.82 Å². The number of nitrogen functional groups attached to an aromatic ring is 1. The lowest BCUT2D eigenvalue weighted by molar-refractivity contribution is 0.428. The van der Waals surface area contributed by atoms with Crippen molar-refractivity contribution in [2.75, 3.05) is 5.73 Å². The van der Waals surface area contributed by atoms with Gasteiger partial charge in [-0.05, 0) is 33.3 Å². The maximum absolute atomic E-state index is 14.8. The van der Waals surface area contributed by atoms with E-state index >= 15 is 0 Å². The van der Waals surface area contributed by atoms with Gasteiger partial charge in [0.1, 0.15) is 5.36 Å². The number of thiazole rings is 1. The lowest BCUT2D eigenvalue weighted by atomic mass is 10.0. The molecule has 27 heavy (non-hydrogen) atoms. The van der Waals surface area contributed by atoms with Crippen LogP contribution in [0.15, 0.2) is 38.9 Å². The molecule has 0 aliphatic carbocycles. The number of aromatic nitrogens is 3. The van der Waals surface area contributed by atoms with Gasteiger partial charge in [0.25, 0.3) is 0 Å². The first-order valence-electron chi connectivity index (χ1n) is 7.61. The van der Waals surface area contributed by atoms with Crippen molar-refractivity contribution in [1.29, 1.82) is 0 Å². The fourth-order valence-electron chi connectivity index (χ4n) is 2.67. The number of hydrogen-bond donors (Lipinski definition) is 2. The fraction of sp³-hybridized carbons (Fsp3) is 0.0588. The van der Waals surface area contributed by atoms with E-state index in [9.17, 15) is 14.3 Å². The van der Waals surface area contributed by atoms with Crippen molar-refractivity contribution in [3.05, 3.63) is 71.2 Å². The number of aromatic hydroxyl groups is 1. The third-order valence-corrected chi connectivity index (χ3v) is 5.88. The van der Waals surface area contributed by atoms with Gasteiger partial charge in [-0.1, -0.05) is 11.3 Å². The predicted molar refractivity (Wildman–Crippen MR) is 103 cm³/mol. The van der Waals surface area contributed by atoms with Crippen LogP contribution in [0.25, 0.3) is 11.6 Å². The Bertz CT molecular complexity index is 1290. The molecule has 0 saturated carbocycles. The van der Waals surface area contributed by atoms with Crippen molar-refractivity contribution in [3.63, 3.8) is 0 Å². The molecule has 0 radical (unpaired) electrons. The van der Waals surface area contributed by atoms with Gasteiger partial charge in [0.05, 0.1) is 9.35 Å². The molecule has 0 bridgehead atoms. The molecular formula is C17H11BrFN5O2S. The molecule has 136 valence electrons. The first-order valence-corrected chi connectivity index (χ1v) is 9.22. The van der Waals surface area contributed by atoms with E-state index in [1.54, 1.807) is 12.1 Å². The molecule has 1 aromatic carbocycles. The molecule has 1 aliphatic heterocycles. The van der Waals surface area contributed by atoms with E-state index in [1.807, 2.05) is 0 Å². The molecule has 3 aromatic rings. The van der Waals surface area contributed by atoms with E-state index in [0.29, 0.717) is 26.8 Å². The second-order valence-corrected chi connectivity index (χ2v) is 7.54. The first kappa shape index (κ1) is 17.6. The topological polar surface area (TPSA) is 106 Å². The lowest BCUT2D eigenvalue weighted by Gasteiger charge is -2.06. The number of anilines is 1. The number of halogens is 2. The van der Waals surface area contributed by atoms with Crippen LogP contribution in [0.2, 0.25) is 0 Å². The lowest BCUT2D eigenvalue weighted by Crippen LogP contribution is -2.20. The Morgan fingerprint density at radius 2 is 2.07 bits per heavy atom. The molecule has 0 unspecified atom stereocenters. The van der Waals surface area contributed by atoms with Crippen LogP contribution in [-0.2, 0) is 7.05 Å². The zero-order chi connectivity index (χ0) is 19.3. The highest BCUT2D eigenvalue weighted by molar-refractivity contribution is 9.10. The van der Waals surface area contributed by atoms with Gasteiger partial charge in [-0.2, -0.15) is 0 Å². The van der Waals surface area contributed by atoms with Crippen molar-refractivity contribution in [3.8, 4) is 5.88 Å². The molecule has 0 amide bonds. The van der Waals surface area contributed by atoms with Gasteiger partial charge in [-0.15, -0.1) is 0 Å².